The van der Waals surface area contributed by atoms with Crippen LogP contribution in [-0.2, 0) is 13.0 Å². The van der Waals surface area contributed by atoms with Crippen molar-refractivity contribution in [3.05, 3.63) is 36.5 Å². The molecule has 7 heteroatoms. The minimum absolute atomic E-state index is 0.430. The van der Waals surface area contributed by atoms with Gasteiger partial charge in [-0.05, 0) is 25.3 Å². The van der Waals surface area contributed by atoms with Gasteiger partial charge in [0.1, 0.15) is 12.1 Å². The van der Waals surface area contributed by atoms with Crippen molar-refractivity contribution < 1.29 is 0 Å². The highest BCUT2D eigenvalue weighted by molar-refractivity contribution is 5.49. The number of hydrogen-bond donors (Lipinski definition) is 0. The predicted molar refractivity (Wildman–Crippen MR) is 87.4 cm³/mol. The Morgan fingerprint density at radius 1 is 1.30 bits per heavy atom. The van der Waals surface area contributed by atoms with E-state index in [1.54, 1.807) is 6.33 Å². The van der Waals surface area contributed by atoms with Crippen LogP contribution < -0.4 is 4.90 Å². The summed E-state index contributed by atoms with van der Waals surface area (Å²) in [5.41, 5.74) is 1.09. The van der Waals surface area contributed by atoms with Gasteiger partial charge >= 0.3 is 0 Å². The Morgan fingerprint density at radius 2 is 2.26 bits per heavy atom. The highest BCUT2D eigenvalue weighted by Gasteiger charge is 2.27. The van der Waals surface area contributed by atoms with Gasteiger partial charge in [0, 0.05) is 30.7 Å². The summed E-state index contributed by atoms with van der Waals surface area (Å²) in [7, 11) is 0. The molecule has 1 fully saturated rings. The van der Waals surface area contributed by atoms with Crippen molar-refractivity contribution >= 4 is 11.6 Å². The zero-order valence-electron chi connectivity index (χ0n) is 13.3. The van der Waals surface area contributed by atoms with E-state index < -0.39 is 0 Å². The molecule has 0 radical (unpaired) electrons. The van der Waals surface area contributed by atoms with Crippen LogP contribution in [0.25, 0.3) is 5.78 Å². The number of anilines is 1. The Balaban J connectivity index is 1.70. The van der Waals surface area contributed by atoms with Gasteiger partial charge in [-0.15, -0.1) is 0 Å². The fraction of sp³-hybridized carbons (Fsp3) is 0.500. The van der Waals surface area contributed by atoms with Crippen molar-refractivity contribution in [3.8, 4) is 0 Å². The van der Waals surface area contributed by atoms with Crippen LogP contribution in [0.3, 0.4) is 0 Å². The molecule has 0 spiro atoms. The van der Waals surface area contributed by atoms with Gasteiger partial charge in [-0.2, -0.15) is 19.7 Å². The van der Waals surface area contributed by atoms with Gasteiger partial charge in [0.25, 0.3) is 5.78 Å². The molecule has 0 saturated carbocycles. The molecule has 7 nitrogen and oxygen atoms in total. The van der Waals surface area contributed by atoms with E-state index in [1.807, 2.05) is 27.7 Å². The normalized spacial score (nSPS) is 18.1. The van der Waals surface area contributed by atoms with Gasteiger partial charge in [0.2, 0.25) is 0 Å². The van der Waals surface area contributed by atoms with E-state index in [0.29, 0.717) is 11.8 Å². The van der Waals surface area contributed by atoms with Crippen LogP contribution in [0.1, 0.15) is 31.9 Å². The van der Waals surface area contributed by atoms with Crippen LogP contribution in [0.2, 0.25) is 0 Å². The average molecular weight is 311 g/mol. The Bertz CT molecular complexity index is 777. The second-order valence-electron chi connectivity index (χ2n) is 6.05. The minimum Gasteiger partial charge on any atom is -0.352 e. The van der Waals surface area contributed by atoms with Gasteiger partial charge in [0.05, 0.1) is 12.6 Å². The first kappa shape index (κ1) is 14.2. The standard InChI is InChI=1S/C16H21N7/c1-2-5-13-10-15(23-16(20-13)17-12-19-23)22-9-3-6-14(22)11-21-8-4-7-18-21/h4,7-8,10,12,14H,2-3,5-6,9,11H2,1H3/t14-/m0/s1. The lowest BCUT2D eigenvalue weighted by atomic mass is 10.2. The zero-order chi connectivity index (χ0) is 15.6. The third-order valence-electron chi connectivity index (χ3n) is 4.42. The molecule has 0 unspecified atom stereocenters. The summed E-state index contributed by atoms with van der Waals surface area (Å²) in [5.74, 6) is 1.79. The summed E-state index contributed by atoms with van der Waals surface area (Å²) in [6.07, 6.45) is 9.84. The lowest BCUT2D eigenvalue weighted by Crippen LogP contribution is -2.34. The zero-order valence-corrected chi connectivity index (χ0v) is 13.3. The Labute approximate surface area is 135 Å². The summed E-state index contributed by atoms with van der Waals surface area (Å²) in [6.45, 7) is 4.11. The fourth-order valence-electron chi connectivity index (χ4n) is 3.38. The summed E-state index contributed by atoms with van der Waals surface area (Å²) in [5, 5.41) is 8.72. The molecule has 1 atom stereocenters. The molecule has 120 valence electrons. The molecule has 23 heavy (non-hydrogen) atoms. The van der Waals surface area contributed by atoms with Crippen LogP contribution in [-0.4, -0.2) is 41.9 Å². The van der Waals surface area contributed by atoms with Crippen LogP contribution >= 0.6 is 0 Å². The van der Waals surface area contributed by atoms with Crippen molar-refractivity contribution in [2.75, 3.05) is 11.4 Å². The van der Waals surface area contributed by atoms with E-state index in [4.69, 9.17) is 0 Å². The smallest absolute Gasteiger partial charge is 0.254 e. The largest absolute Gasteiger partial charge is 0.352 e. The number of aromatic nitrogens is 6. The molecule has 1 aliphatic rings. The van der Waals surface area contributed by atoms with E-state index in [0.717, 1.165) is 37.4 Å². The summed E-state index contributed by atoms with van der Waals surface area (Å²) >= 11 is 0. The molecule has 1 aliphatic heterocycles. The van der Waals surface area contributed by atoms with Crippen molar-refractivity contribution in [3.63, 3.8) is 0 Å². The first-order valence-electron chi connectivity index (χ1n) is 8.29. The van der Waals surface area contributed by atoms with E-state index in [1.165, 1.54) is 12.8 Å². The van der Waals surface area contributed by atoms with Crippen LogP contribution in [0.15, 0.2) is 30.9 Å². The van der Waals surface area contributed by atoms with Gasteiger partial charge in [-0.1, -0.05) is 13.3 Å². The maximum Gasteiger partial charge on any atom is 0.254 e. The molecule has 0 amide bonds. The minimum atomic E-state index is 0.430. The molecular weight excluding hydrogens is 290 g/mol. The first-order chi connectivity index (χ1) is 11.3. The quantitative estimate of drug-likeness (QED) is 0.720. The predicted octanol–water partition coefficient (Wildman–Crippen LogP) is 1.94. The monoisotopic (exact) mass is 311 g/mol. The highest BCUT2D eigenvalue weighted by Crippen LogP contribution is 2.27. The lowest BCUT2D eigenvalue weighted by molar-refractivity contribution is 0.505. The van der Waals surface area contributed by atoms with Crippen molar-refractivity contribution in [1.29, 1.82) is 0 Å². The van der Waals surface area contributed by atoms with Crippen LogP contribution in [0.4, 0.5) is 5.82 Å². The van der Waals surface area contributed by atoms with E-state index >= 15 is 0 Å². The van der Waals surface area contributed by atoms with Crippen LogP contribution in [0, 0.1) is 0 Å². The lowest BCUT2D eigenvalue weighted by Gasteiger charge is -2.27. The number of aryl methyl sites for hydroxylation is 1. The second-order valence-corrected chi connectivity index (χ2v) is 6.05. The molecular formula is C16H21N7. The van der Waals surface area contributed by atoms with Gasteiger partial charge < -0.3 is 4.90 Å². The number of rotatable bonds is 5. The maximum absolute atomic E-state index is 4.60. The second kappa shape index (κ2) is 5.98. The van der Waals surface area contributed by atoms with E-state index in [9.17, 15) is 0 Å². The van der Waals surface area contributed by atoms with Crippen molar-refractivity contribution in [1.82, 2.24) is 29.4 Å². The van der Waals surface area contributed by atoms with Crippen molar-refractivity contribution in [2.24, 2.45) is 0 Å². The SMILES string of the molecule is CCCc1cc(N2CCC[C@H]2Cn2cccn2)n2ncnc2n1. The number of nitrogens with zero attached hydrogens (tertiary/aromatic N) is 7. The molecule has 3 aromatic heterocycles. The van der Waals surface area contributed by atoms with Crippen LogP contribution in [0.5, 0.6) is 0 Å². The van der Waals surface area contributed by atoms with Gasteiger partial charge in [-0.3, -0.25) is 4.68 Å². The third kappa shape index (κ3) is 2.67. The summed E-state index contributed by atoms with van der Waals surface area (Å²) in [4.78, 5) is 11.3. The van der Waals surface area contributed by atoms with Gasteiger partial charge in [-0.25, -0.2) is 4.98 Å². The number of hydrogen-bond acceptors (Lipinski definition) is 5. The molecule has 3 aromatic rings. The molecule has 1 saturated heterocycles. The Hall–Kier alpha value is -2.44. The van der Waals surface area contributed by atoms with Gasteiger partial charge in [0.15, 0.2) is 0 Å². The van der Waals surface area contributed by atoms with E-state index in [2.05, 4.69) is 38.1 Å². The molecule has 4 heterocycles. The molecule has 0 aliphatic carbocycles. The third-order valence-corrected chi connectivity index (χ3v) is 4.42. The summed E-state index contributed by atoms with van der Waals surface area (Å²) in [6, 6.07) is 4.58. The molecule has 0 bridgehead atoms. The number of fused-ring (bicyclic) bond motifs is 1. The fourth-order valence-corrected chi connectivity index (χ4v) is 3.38. The molecule has 4 rings (SSSR count). The first-order valence-corrected chi connectivity index (χ1v) is 8.29. The molecule has 0 N–H and O–H groups in total. The maximum atomic E-state index is 4.60. The Morgan fingerprint density at radius 3 is 3.09 bits per heavy atom. The Kier molecular flexibility index (Phi) is 3.69. The highest BCUT2D eigenvalue weighted by atomic mass is 15.4. The summed E-state index contributed by atoms with van der Waals surface area (Å²) < 4.78 is 3.87. The van der Waals surface area contributed by atoms with E-state index in [-0.39, 0.29) is 0 Å². The topological polar surface area (TPSA) is 64.1 Å². The van der Waals surface area contributed by atoms with Crippen molar-refractivity contribution in [2.45, 2.75) is 45.2 Å². The average Bonchev–Trinajstić information content (AvgIpc) is 3.28. The molecule has 0 aromatic carbocycles.